The molecule has 0 fully saturated rings. The number of nitrogens with zero attached hydrogens (tertiary/aromatic N) is 1. The van der Waals surface area contributed by atoms with Gasteiger partial charge in [-0.15, -0.1) is 0 Å². The van der Waals surface area contributed by atoms with Crippen LogP contribution in [0, 0.1) is 0 Å². The number of aromatic nitrogens is 2. The second-order valence-electron chi connectivity index (χ2n) is 2.97. The van der Waals surface area contributed by atoms with E-state index in [0.717, 1.165) is 21.8 Å². The first kappa shape index (κ1) is 9.24. The quantitative estimate of drug-likeness (QED) is 0.793. The van der Waals surface area contributed by atoms with Crippen LogP contribution in [-0.2, 0) is 6.54 Å². The first-order valence-corrected chi connectivity index (χ1v) is 4.67. The lowest BCUT2D eigenvalue weighted by Gasteiger charge is -2.00. The first-order valence-electron chi connectivity index (χ1n) is 4.29. The van der Waals surface area contributed by atoms with Gasteiger partial charge >= 0.3 is 0 Å². The molecule has 0 aliphatic rings. The number of benzene rings is 1. The predicted molar refractivity (Wildman–Crippen MR) is 56.9 cm³/mol. The van der Waals surface area contributed by atoms with Gasteiger partial charge in [0, 0.05) is 17.1 Å². The van der Waals surface area contributed by atoms with Crippen molar-refractivity contribution in [2.45, 2.75) is 6.54 Å². The van der Waals surface area contributed by atoms with Gasteiger partial charge in [0.2, 0.25) is 0 Å². The number of hydrogen-bond acceptors (Lipinski definition) is 2. The van der Waals surface area contributed by atoms with E-state index in [-0.39, 0.29) is 0 Å². The molecule has 2 aromatic rings. The Labute approximate surface area is 86.9 Å². The Morgan fingerprint density at radius 3 is 2.64 bits per heavy atom. The Balaban J connectivity index is 2.44. The molecule has 0 aliphatic carbocycles. The molecule has 0 amide bonds. The number of nitrogens with two attached hydrogens (primary N) is 1. The lowest BCUT2D eigenvalue weighted by Crippen LogP contribution is -1.98. The van der Waals surface area contributed by atoms with Gasteiger partial charge in [0.25, 0.3) is 0 Å². The summed E-state index contributed by atoms with van der Waals surface area (Å²) in [5.74, 6) is 0. The van der Waals surface area contributed by atoms with Gasteiger partial charge in [-0.2, -0.15) is 5.10 Å². The van der Waals surface area contributed by atoms with Crippen molar-refractivity contribution < 1.29 is 0 Å². The van der Waals surface area contributed by atoms with E-state index in [1.54, 1.807) is 6.20 Å². The van der Waals surface area contributed by atoms with E-state index < -0.39 is 0 Å². The van der Waals surface area contributed by atoms with E-state index in [4.69, 9.17) is 17.3 Å². The fraction of sp³-hybridized carbons (Fsp3) is 0.100. The summed E-state index contributed by atoms with van der Waals surface area (Å²) < 4.78 is 0. The van der Waals surface area contributed by atoms with Gasteiger partial charge in [0.05, 0.1) is 11.9 Å². The van der Waals surface area contributed by atoms with Gasteiger partial charge in [-0.1, -0.05) is 23.7 Å². The van der Waals surface area contributed by atoms with Crippen molar-refractivity contribution in [3.05, 3.63) is 41.2 Å². The Hall–Kier alpha value is -1.32. The van der Waals surface area contributed by atoms with Crippen LogP contribution in [-0.4, -0.2) is 10.2 Å². The highest BCUT2D eigenvalue weighted by molar-refractivity contribution is 6.30. The van der Waals surface area contributed by atoms with Crippen molar-refractivity contribution in [3.8, 4) is 11.1 Å². The minimum atomic E-state index is 0.456. The van der Waals surface area contributed by atoms with E-state index in [9.17, 15) is 0 Å². The maximum absolute atomic E-state index is 5.80. The third-order valence-corrected chi connectivity index (χ3v) is 2.33. The summed E-state index contributed by atoms with van der Waals surface area (Å²) in [5.41, 5.74) is 8.61. The van der Waals surface area contributed by atoms with E-state index >= 15 is 0 Å². The van der Waals surface area contributed by atoms with E-state index in [1.807, 2.05) is 24.3 Å². The molecule has 0 spiro atoms. The summed E-state index contributed by atoms with van der Waals surface area (Å²) in [5, 5.41) is 7.54. The molecule has 3 nitrogen and oxygen atoms in total. The van der Waals surface area contributed by atoms with E-state index in [1.165, 1.54) is 0 Å². The minimum absolute atomic E-state index is 0.456. The van der Waals surface area contributed by atoms with Crippen LogP contribution in [0.4, 0.5) is 0 Å². The highest BCUT2D eigenvalue weighted by Crippen LogP contribution is 2.23. The molecule has 0 atom stereocenters. The second kappa shape index (κ2) is 3.82. The Bertz CT molecular complexity index is 419. The maximum Gasteiger partial charge on any atom is 0.0569 e. The number of hydrogen-bond donors (Lipinski definition) is 2. The SMILES string of the molecule is NCc1[nH]ncc1-c1ccc(Cl)cc1. The molecule has 14 heavy (non-hydrogen) atoms. The van der Waals surface area contributed by atoms with Gasteiger partial charge in [-0.3, -0.25) is 5.10 Å². The van der Waals surface area contributed by atoms with Gasteiger partial charge < -0.3 is 5.73 Å². The lowest BCUT2D eigenvalue weighted by atomic mass is 10.1. The molecule has 4 heteroatoms. The molecule has 1 aromatic heterocycles. The van der Waals surface area contributed by atoms with Crippen LogP contribution in [0.2, 0.25) is 5.02 Å². The zero-order valence-electron chi connectivity index (χ0n) is 7.50. The van der Waals surface area contributed by atoms with Crippen molar-refractivity contribution in [2.75, 3.05) is 0 Å². The average molecular weight is 208 g/mol. The first-order chi connectivity index (χ1) is 6.81. The predicted octanol–water partition coefficient (Wildman–Crippen LogP) is 2.19. The molecule has 0 saturated heterocycles. The number of H-pyrrole nitrogens is 1. The number of nitrogens with one attached hydrogen (secondary N) is 1. The second-order valence-corrected chi connectivity index (χ2v) is 3.41. The fourth-order valence-electron chi connectivity index (χ4n) is 1.35. The van der Waals surface area contributed by atoms with Gasteiger partial charge in [-0.25, -0.2) is 0 Å². The average Bonchev–Trinajstić information content (AvgIpc) is 2.67. The third kappa shape index (κ3) is 1.64. The lowest BCUT2D eigenvalue weighted by molar-refractivity contribution is 0.948. The van der Waals surface area contributed by atoms with Crippen molar-refractivity contribution in [2.24, 2.45) is 5.73 Å². The molecular formula is C10H10ClN3. The molecule has 72 valence electrons. The normalized spacial score (nSPS) is 10.4. The van der Waals surface area contributed by atoms with Crippen LogP contribution in [0.3, 0.4) is 0 Å². The monoisotopic (exact) mass is 207 g/mol. The smallest absolute Gasteiger partial charge is 0.0569 e. The van der Waals surface area contributed by atoms with Crippen LogP contribution < -0.4 is 5.73 Å². The number of rotatable bonds is 2. The summed E-state index contributed by atoms with van der Waals surface area (Å²) in [6, 6.07) is 7.60. The molecule has 0 aliphatic heterocycles. The molecule has 1 aromatic carbocycles. The number of halogens is 1. The Morgan fingerprint density at radius 1 is 1.29 bits per heavy atom. The summed E-state index contributed by atoms with van der Waals surface area (Å²) in [7, 11) is 0. The summed E-state index contributed by atoms with van der Waals surface area (Å²) in [6.45, 7) is 0.456. The van der Waals surface area contributed by atoms with Crippen LogP contribution >= 0.6 is 11.6 Å². The molecule has 2 rings (SSSR count). The van der Waals surface area contributed by atoms with Crippen molar-refractivity contribution in [3.63, 3.8) is 0 Å². The third-order valence-electron chi connectivity index (χ3n) is 2.08. The Kier molecular flexibility index (Phi) is 2.52. The maximum atomic E-state index is 5.80. The summed E-state index contributed by atoms with van der Waals surface area (Å²) in [6.07, 6.45) is 1.77. The molecule has 3 N–H and O–H groups in total. The van der Waals surface area contributed by atoms with Crippen LogP contribution in [0.25, 0.3) is 11.1 Å². The molecular weight excluding hydrogens is 198 g/mol. The zero-order chi connectivity index (χ0) is 9.97. The fourth-order valence-corrected chi connectivity index (χ4v) is 1.47. The largest absolute Gasteiger partial charge is 0.325 e. The van der Waals surface area contributed by atoms with Crippen molar-refractivity contribution in [1.29, 1.82) is 0 Å². The minimum Gasteiger partial charge on any atom is -0.325 e. The standard InChI is InChI=1S/C10H10ClN3/c11-8-3-1-7(2-4-8)9-6-13-14-10(9)5-12/h1-4,6H,5,12H2,(H,13,14). The molecule has 0 saturated carbocycles. The molecule has 0 radical (unpaired) electrons. The van der Waals surface area contributed by atoms with E-state index in [0.29, 0.717) is 6.54 Å². The summed E-state index contributed by atoms with van der Waals surface area (Å²) >= 11 is 5.80. The summed E-state index contributed by atoms with van der Waals surface area (Å²) in [4.78, 5) is 0. The van der Waals surface area contributed by atoms with Crippen LogP contribution in [0.5, 0.6) is 0 Å². The van der Waals surface area contributed by atoms with Crippen LogP contribution in [0.15, 0.2) is 30.5 Å². The van der Waals surface area contributed by atoms with Gasteiger partial charge in [-0.05, 0) is 17.7 Å². The van der Waals surface area contributed by atoms with Crippen molar-refractivity contribution >= 4 is 11.6 Å². The Morgan fingerprint density at radius 2 is 2.00 bits per heavy atom. The molecule has 0 bridgehead atoms. The van der Waals surface area contributed by atoms with Crippen LogP contribution in [0.1, 0.15) is 5.69 Å². The number of aromatic amines is 1. The topological polar surface area (TPSA) is 54.7 Å². The van der Waals surface area contributed by atoms with Gasteiger partial charge in [0.1, 0.15) is 0 Å². The highest BCUT2D eigenvalue weighted by atomic mass is 35.5. The zero-order valence-corrected chi connectivity index (χ0v) is 8.25. The van der Waals surface area contributed by atoms with Gasteiger partial charge in [0.15, 0.2) is 0 Å². The van der Waals surface area contributed by atoms with Crippen molar-refractivity contribution in [1.82, 2.24) is 10.2 Å². The van der Waals surface area contributed by atoms with E-state index in [2.05, 4.69) is 10.2 Å². The molecule has 0 unspecified atom stereocenters. The molecule has 1 heterocycles. The highest BCUT2D eigenvalue weighted by Gasteiger charge is 2.05.